The third kappa shape index (κ3) is 4.94. The maximum absolute atomic E-state index is 12.9. The van der Waals surface area contributed by atoms with Gasteiger partial charge in [-0.1, -0.05) is 12.1 Å². The SMILES string of the molecule is Cn1c(=S)[nH]c2cc(C(=O)NCCNC(=O)Cc3ccc(F)cc3)ccc2c1=O. The fraction of sp³-hybridized carbons (Fsp3) is 0.200. The molecular weight excluding hydrogens is 395 g/mol. The van der Waals surface area contributed by atoms with Gasteiger partial charge in [0.1, 0.15) is 5.82 Å². The van der Waals surface area contributed by atoms with Gasteiger partial charge in [0.05, 0.1) is 17.3 Å². The van der Waals surface area contributed by atoms with E-state index in [2.05, 4.69) is 15.6 Å². The molecule has 29 heavy (non-hydrogen) atoms. The zero-order valence-corrected chi connectivity index (χ0v) is 16.4. The van der Waals surface area contributed by atoms with Crippen LogP contribution in [0.4, 0.5) is 4.39 Å². The molecule has 0 radical (unpaired) electrons. The molecule has 0 unspecified atom stereocenters. The number of rotatable bonds is 6. The second-order valence-electron chi connectivity index (χ2n) is 6.46. The molecule has 1 aromatic heterocycles. The van der Waals surface area contributed by atoms with Crippen LogP contribution in [0.1, 0.15) is 15.9 Å². The van der Waals surface area contributed by atoms with Crippen LogP contribution in [0.2, 0.25) is 0 Å². The lowest BCUT2D eigenvalue weighted by molar-refractivity contribution is -0.120. The summed E-state index contributed by atoms with van der Waals surface area (Å²) in [7, 11) is 1.57. The number of nitrogens with one attached hydrogen (secondary N) is 3. The quantitative estimate of drug-likeness (QED) is 0.424. The van der Waals surface area contributed by atoms with Crippen LogP contribution in [0.15, 0.2) is 47.3 Å². The van der Waals surface area contributed by atoms with E-state index in [-0.39, 0.29) is 47.5 Å². The lowest BCUT2D eigenvalue weighted by atomic mass is 10.1. The summed E-state index contributed by atoms with van der Waals surface area (Å²) in [6, 6.07) is 10.4. The lowest BCUT2D eigenvalue weighted by Crippen LogP contribution is -2.35. The Balaban J connectivity index is 1.53. The number of hydrogen-bond acceptors (Lipinski definition) is 4. The van der Waals surface area contributed by atoms with Gasteiger partial charge in [0, 0.05) is 25.7 Å². The second-order valence-corrected chi connectivity index (χ2v) is 6.85. The number of hydrogen-bond donors (Lipinski definition) is 3. The Hall–Kier alpha value is -3.33. The van der Waals surface area contributed by atoms with E-state index in [4.69, 9.17) is 12.2 Å². The Morgan fingerprint density at radius 3 is 2.52 bits per heavy atom. The van der Waals surface area contributed by atoms with Crippen molar-refractivity contribution in [3.05, 3.63) is 74.5 Å². The Kier molecular flexibility index (Phi) is 6.18. The zero-order chi connectivity index (χ0) is 21.0. The fourth-order valence-corrected chi connectivity index (χ4v) is 2.97. The maximum atomic E-state index is 12.9. The van der Waals surface area contributed by atoms with Gasteiger partial charge >= 0.3 is 0 Å². The van der Waals surface area contributed by atoms with Gasteiger partial charge in [-0.25, -0.2) is 4.39 Å². The first kappa shape index (κ1) is 20.4. The number of carbonyl (C=O) groups excluding carboxylic acids is 2. The molecule has 0 saturated heterocycles. The summed E-state index contributed by atoms with van der Waals surface area (Å²) in [5.74, 6) is -0.910. The number of aromatic nitrogens is 2. The number of halogens is 1. The van der Waals surface area contributed by atoms with Crippen LogP contribution in [0.25, 0.3) is 10.9 Å². The van der Waals surface area contributed by atoms with Crippen molar-refractivity contribution >= 4 is 34.9 Å². The minimum atomic E-state index is -0.354. The number of carbonyl (C=O) groups is 2. The largest absolute Gasteiger partial charge is 0.354 e. The predicted molar refractivity (Wildman–Crippen MR) is 110 cm³/mol. The van der Waals surface area contributed by atoms with E-state index in [0.717, 1.165) is 0 Å². The van der Waals surface area contributed by atoms with Crippen molar-refractivity contribution in [2.75, 3.05) is 13.1 Å². The molecule has 2 amide bonds. The zero-order valence-electron chi connectivity index (χ0n) is 15.6. The summed E-state index contributed by atoms with van der Waals surface area (Å²) in [4.78, 5) is 39.3. The first-order valence-corrected chi connectivity index (χ1v) is 9.28. The Labute approximate surface area is 170 Å². The van der Waals surface area contributed by atoms with Crippen LogP contribution in [0.5, 0.6) is 0 Å². The molecule has 0 bridgehead atoms. The third-order valence-corrected chi connectivity index (χ3v) is 4.75. The number of nitrogens with zero attached hydrogens (tertiary/aromatic N) is 1. The summed E-state index contributed by atoms with van der Waals surface area (Å²) >= 11 is 5.09. The highest BCUT2D eigenvalue weighted by Crippen LogP contribution is 2.10. The van der Waals surface area contributed by atoms with E-state index < -0.39 is 0 Å². The van der Waals surface area contributed by atoms with Crippen LogP contribution in [0.3, 0.4) is 0 Å². The average Bonchev–Trinajstić information content (AvgIpc) is 2.70. The lowest BCUT2D eigenvalue weighted by Gasteiger charge is -2.08. The Bertz CT molecular complexity index is 1190. The van der Waals surface area contributed by atoms with Gasteiger partial charge in [-0.05, 0) is 48.1 Å². The minimum Gasteiger partial charge on any atom is -0.354 e. The standard InChI is InChI=1S/C20H19FN4O3S/c1-25-19(28)15-7-4-13(11-16(15)24-20(25)29)18(27)23-9-8-22-17(26)10-12-2-5-14(21)6-3-12/h2-7,11H,8-10H2,1H3,(H,22,26)(H,23,27)(H,24,29). The molecule has 9 heteroatoms. The molecular formula is C20H19FN4O3S. The molecule has 1 heterocycles. The molecule has 7 nitrogen and oxygen atoms in total. The molecule has 0 aliphatic rings. The number of aromatic amines is 1. The second kappa shape index (κ2) is 8.78. The van der Waals surface area contributed by atoms with Gasteiger partial charge in [0.15, 0.2) is 4.77 Å². The molecule has 0 aliphatic carbocycles. The molecule has 0 spiro atoms. The van der Waals surface area contributed by atoms with Crippen LogP contribution < -0.4 is 16.2 Å². The number of H-pyrrole nitrogens is 1. The molecule has 0 fully saturated rings. The van der Waals surface area contributed by atoms with E-state index >= 15 is 0 Å². The van der Waals surface area contributed by atoms with Crippen molar-refractivity contribution in [1.82, 2.24) is 20.2 Å². The molecule has 3 rings (SSSR count). The van der Waals surface area contributed by atoms with Gasteiger partial charge < -0.3 is 15.6 Å². The number of benzene rings is 2. The Morgan fingerprint density at radius 1 is 1.10 bits per heavy atom. The van der Waals surface area contributed by atoms with Gasteiger partial charge in [0.25, 0.3) is 11.5 Å². The third-order valence-electron chi connectivity index (χ3n) is 4.37. The van der Waals surface area contributed by atoms with Crippen LogP contribution in [0, 0.1) is 10.6 Å². The van der Waals surface area contributed by atoms with E-state index in [1.165, 1.54) is 16.7 Å². The van der Waals surface area contributed by atoms with Crippen molar-refractivity contribution in [2.45, 2.75) is 6.42 Å². The van der Waals surface area contributed by atoms with Crippen molar-refractivity contribution in [3.8, 4) is 0 Å². The highest BCUT2D eigenvalue weighted by molar-refractivity contribution is 7.71. The van der Waals surface area contributed by atoms with E-state index in [0.29, 0.717) is 22.0 Å². The van der Waals surface area contributed by atoms with Crippen molar-refractivity contribution in [2.24, 2.45) is 7.05 Å². The molecule has 150 valence electrons. The van der Waals surface area contributed by atoms with Gasteiger partial charge in [-0.2, -0.15) is 0 Å². The molecule has 0 aliphatic heterocycles. The van der Waals surface area contributed by atoms with Crippen LogP contribution >= 0.6 is 12.2 Å². The van der Waals surface area contributed by atoms with Crippen molar-refractivity contribution in [1.29, 1.82) is 0 Å². The topological polar surface area (TPSA) is 96.0 Å². The smallest absolute Gasteiger partial charge is 0.261 e. The summed E-state index contributed by atoms with van der Waals surface area (Å²) < 4.78 is 14.5. The number of fused-ring (bicyclic) bond motifs is 1. The molecule has 3 aromatic rings. The number of amides is 2. The summed E-state index contributed by atoms with van der Waals surface area (Å²) in [5, 5.41) is 5.83. The molecule has 2 aromatic carbocycles. The maximum Gasteiger partial charge on any atom is 0.261 e. The molecule has 3 N–H and O–H groups in total. The van der Waals surface area contributed by atoms with Crippen molar-refractivity contribution < 1.29 is 14.0 Å². The van der Waals surface area contributed by atoms with Gasteiger partial charge in [0.2, 0.25) is 5.91 Å². The van der Waals surface area contributed by atoms with Gasteiger partial charge in [-0.15, -0.1) is 0 Å². The van der Waals surface area contributed by atoms with E-state index in [9.17, 15) is 18.8 Å². The summed E-state index contributed by atoms with van der Waals surface area (Å²) in [6.45, 7) is 0.487. The fourth-order valence-electron chi connectivity index (χ4n) is 2.78. The first-order chi connectivity index (χ1) is 13.8. The molecule has 0 saturated carbocycles. The normalized spacial score (nSPS) is 10.7. The highest BCUT2D eigenvalue weighted by atomic mass is 32.1. The van der Waals surface area contributed by atoms with Crippen LogP contribution in [-0.2, 0) is 18.3 Å². The molecule has 0 atom stereocenters. The Morgan fingerprint density at radius 2 is 1.79 bits per heavy atom. The monoisotopic (exact) mass is 414 g/mol. The highest BCUT2D eigenvalue weighted by Gasteiger charge is 2.09. The van der Waals surface area contributed by atoms with Crippen molar-refractivity contribution in [3.63, 3.8) is 0 Å². The predicted octanol–water partition coefficient (Wildman–Crippen LogP) is 1.82. The average molecular weight is 414 g/mol. The van der Waals surface area contributed by atoms with Gasteiger partial charge in [-0.3, -0.25) is 19.0 Å². The first-order valence-electron chi connectivity index (χ1n) is 8.87. The van der Waals surface area contributed by atoms with E-state index in [1.54, 1.807) is 37.4 Å². The van der Waals surface area contributed by atoms with E-state index in [1.807, 2.05) is 0 Å². The summed E-state index contributed by atoms with van der Waals surface area (Å²) in [6.07, 6.45) is 0.132. The van der Waals surface area contributed by atoms with Crippen LogP contribution in [-0.4, -0.2) is 34.5 Å². The summed E-state index contributed by atoms with van der Waals surface area (Å²) in [5.41, 5.74) is 1.32. The minimum absolute atomic E-state index is 0.132.